The average Bonchev–Trinajstić information content (AvgIpc) is 3.06. The molecule has 0 saturated heterocycles. The molecule has 1 aromatic carbocycles. The van der Waals surface area contributed by atoms with Crippen LogP contribution in [-0.4, -0.2) is 39.0 Å². The summed E-state index contributed by atoms with van der Waals surface area (Å²) < 4.78 is 6.83. The van der Waals surface area contributed by atoms with E-state index >= 15 is 0 Å². The first-order valence-electron chi connectivity index (χ1n) is 7.31. The third-order valence-corrected chi connectivity index (χ3v) is 4.52. The Balaban J connectivity index is 2.03. The van der Waals surface area contributed by atoms with E-state index in [4.69, 9.17) is 4.74 Å². The molecule has 1 aliphatic heterocycles. The van der Waals surface area contributed by atoms with Crippen LogP contribution in [0.1, 0.15) is 11.6 Å². The van der Waals surface area contributed by atoms with Crippen LogP contribution in [0, 0.1) is 5.92 Å². The van der Waals surface area contributed by atoms with Gasteiger partial charge in [-0.05, 0) is 34.4 Å². The SMILES string of the molecule is C=CCOC(=O)C1C(=C)Nc2nnnn2C1c1ccc(SC)cc1. The molecule has 0 fully saturated rings. The molecule has 24 heavy (non-hydrogen) atoms. The Morgan fingerprint density at radius 3 is 2.88 bits per heavy atom. The monoisotopic (exact) mass is 343 g/mol. The van der Waals surface area contributed by atoms with Crippen LogP contribution in [0.5, 0.6) is 0 Å². The Kier molecular flexibility index (Phi) is 4.66. The van der Waals surface area contributed by atoms with E-state index in [1.54, 1.807) is 16.4 Å². The normalized spacial score (nSPS) is 19.3. The Labute approximate surface area is 143 Å². The number of rotatable bonds is 5. The van der Waals surface area contributed by atoms with Crippen LogP contribution in [0.15, 0.2) is 54.1 Å². The second-order valence-electron chi connectivity index (χ2n) is 5.21. The number of nitrogens with zero attached hydrogens (tertiary/aromatic N) is 4. The van der Waals surface area contributed by atoms with Crippen molar-refractivity contribution in [2.45, 2.75) is 10.9 Å². The van der Waals surface area contributed by atoms with Gasteiger partial charge < -0.3 is 10.1 Å². The number of hydrogen-bond donors (Lipinski definition) is 1. The van der Waals surface area contributed by atoms with Gasteiger partial charge in [0.25, 0.3) is 0 Å². The summed E-state index contributed by atoms with van der Waals surface area (Å²) in [5.41, 5.74) is 1.41. The Hall–Kier alpha value is -2.61. The Morgan fingerprint density at radius 1 is 1.46 bits per heavy atom. The maximum Gasteiger partial charge on any atom is 0.317 e. The van der Waals surface area contributed by atoms with Crippen LogP contribution < -0.4 is 5.32 Å². The van der Waals surface area contributed by atoms with Crippen LogP contribution in [0.25, 0.3) is 0 Å². The zero-order valence-corrected chi connectivity index (χ0v) is 14.0. The summed E-state index contributed by atoms with van der Waals surface area (Å²) in [5.74, 6) is -0.583. The van der Waals surface area contributed by atoms with E-state index in [9.17, 15) is 4.79 Å². The number of anilines is 1. The maximum atomic E-state index is 12.5. The van der Waals surface area contributed by atoms with Gasteiger partial charge in [0.15, 0.2) is 0 Å². The highest BCUT2D eigenvalue weighted by Crippen LogP contribution is 2.37. The fourth-order valence-corrected chi connectivity index (χ4v) is 3.06. The zero-order valence-electron chi connectivity index (χ0n) is 13.2. The molecule has 0 amide bonds. The predicted octanol–water partition coefficient (Wildman–Crippen LogP) is 2.27. The van der Waals surface area contributed by atoms with E-state index < -0.39 is 17.9 Å². The molecule has 1 aromatic heterocycles. The van der Waals surface area contributed by atoms with Crippen LogP contribution >= 0.6 is 11.8 Å². The first kappa shape index (κ1) is 16.3. The molecule has 0 aliphatic carbocycles. The molecule has 8 heteroatoms. The fourth-order valence-electron chi connectivity index (χ4n) is 2.65. The minimum atomic E-state index is -0.638. The van der Waals surface area contributed by atoms with Crippen molar-refractivity contribution >= 4 is 23.7 Å². The van der Waals surface area contributed by atoms with Gasteiger partial charge in [-0.15, -0.1) is 11.8 Å². The topological polar surface area (TPSA) is 81.9 Å². The molecule has 2 atom stereocenters. The molecule has 2 heterocycles. The van der Waals surface area contributed by atoms with Crippen molar-refractivity contribution in [1.29, 1.82) is 0 Å². The van der Waals surface area contributed by atoms with Gasteiger partial charge in [0.1, 0.15) is 18.6 Å². The lowest BCUT2D eigenvalue weighted by Crippen LogP contribution is -2.37. The summed E-state index contributed by atoms with van der Waals surface area (Å²) in [7, 11) is 0. The summed E-state index contributed by atoms with van der Waals surface area (Å²) in [6.07, 6.45) is 3.54. The Bertz CT molecular complexity index is 771. The number of fused-ring (bicyclic) bond motifs is 1. The summed E-state index contributed by atoms with van der Waals surface area (Å²) in [4.78, 5) is 13.7. The lowest BCUT2D eigenvalue weighted by atomic mass is 9.89. The van der Waals surface area contributed by atoms with Gasteiger partial charge in [0.05, 0.1) is 0 Å². The predicted molar refractivity (Wildman–Crippen MR) is 91.6 cm³/mol. The van der Waals surface area contributed by atoms with E-state index in [-0.39, 0.29) is 6.61 Å². The molecular formula is C16H17N5O2S. The lowest BCUT2D eigenvalue weighted by molar-refractivity contribution is -0.147. The van der Waals surface area contributed by atoms with Gasteiger partial charge in [0, 0.05) is 10.6 Å². The molecule has 1 aliphatic rings. The molecule has 2 unspecified atom stereocenters. The van der Waals surface area contributed by atoms with Crippen molar-refractivity contribution in [2.75, 3.05) is 18.2 Å². The van der Waals surface area contributed by atoms with Gasteiger partial charge in [-0.25, -0.2) is 4.68 Å². The largest absolute Gasteiger partial charge is 0.461 e. The van der Waals surface area contributed by atoms with E-state index in [0.717, 1.165) is 10.5 Å². The average molecular weight is 343 g/mol. The zero-order chi connectivity index (χ0) is 17.1. The van der Waals surface area contributed by atoms with Crippen molar-refractivity contribution < 1.29 is 9.53 Å². The van der Waals surface area contributed by atoms with Gasteiger partial charge >= 0.3 is 5.97 Å². The van der Waals surface area contributed by atoms with Crippen molar-refractivity contribution in [2.24, 2.45) is 5.92 Å². The van der Waals surface area contributed by atoms with E-state index in [2.05, 4.69) is 34.0 Å². The maximum absolute atomic E-state index is 12.5. The van der Waals surface area contributed by atoms with E-state index in [0.29, 0.717) is 11.6 Å². The van der Waals surface area contributed by atoms with Crippen LogP contribution in [0.2, 0.25) is 0 Å². The van der Waals surface area contributed by atoms with Gasteiger partial charge in [-0.2, -0.15) is 0 Å². The first-order chi connectivity index (χ1) is 11.7. The molecule has 7 nitrogen and oxygen atoms in total. The third-order valence-electron chi connectivity index (χ3n) is 3.77. The lowest BCUT2D eigenvalue weighted by Gasteiger charge is -2.32. The second kappa shape index (κ2) is 6.88. The summed E-state index contributed by atoms with van der Waals surface area (Å²) >= 11 is 1.65. The van der Waals surface area contributed by atoms with Crippen molar-refractivity contribution in [3.8, 4) is 0 Å². The number of benzene rings is 1. The van der Waals surface area contributed by atoms with E-state index in [1.807, 2.05) is 30.5 Å². The standard InChI is InChI=1S/C16H17N5O2S/c1-4-9-23-15(22)13-10(2)17-16-18-19-20-21(16)14(13)11-5-7-12(24-3)8-6-11/h4-8,13-14H,1-2,9H2,3H3,(H,17,18,20). The molecule has 0 saturated carbocycles. The smallest absolute Gasteiger partial charge is 0.317 e. The molecule has 0 spiro atoms. The highest BCUT2D eigenvalue weighted by atomic mass is 32.2. The highest BCUT2D eigenvalue weighted by Gasteiger charge is 2.40. The molecule has 2 aromatic rings. The first-order valence-corrected chi connectivity index (χ1v) is 8.53. The fraction of sp³-hybridized carbons (Fsp3) is 0.250. The van der Waals surface area contributed by atoms with Gasteiger partial charge in [-0.1, -0.05) is 36.5 Å². The number of carbonyl (C=O) groups excluding carboxylic acids is 1. The molecule has 0 bridgehead atoms. The number of esters is 1. The number of nitrogens with one attached hydrogen (secondary N) is 1. The Morgan fingerprint density at radius 2 is 2.21 bits per heavy atom. The molecule has 124 valence electrons. The molecular weight excluding hydrogens is 326 g/mol. The van der Waals surface area contributed by atoms with Crippen LogP contribution in [0.3, 0.4) is 0 Å². The van der Waals surface area contributed by atoms with Crippen LogP contribution in [0.4, 0.5) is 5.95 Å². The number of aromatic nitrogens is 4. The number of hydrogen-bond acceptors (Lipinski definition) is 7. The van der Waals surface area contributed by atoms with Gasteiger partial charge in [0.2, 0.25) is 5.95 Å². The molecule has 0 radical (unpaired) electrons. The highest BCUT2D eigenvalue weighted by molar-refractivity contribution is 7.98. The third kappa shape index (κ3) is 2.92. The van der Waals surface area contributed by atoms with Crippen molar-refractivity contribution in [3.05, 3.63) is 54.8 Å². The van der Waals surface area contributed by atoms with Crippen LogP contribution in [-0.2, 0) is 9.53 Å². The number of carbonyl (C=O) groups is 1. The molecule has 3 rings (SSSR count). The number of thioether (sulfide) groups is 1. The van der Waals surface area contributed by atoms with Crippen molar-refractivity contribution in [3.63, 3.8) is 0 Å². The summed E-state index contributed by atoms with van der Waals surface area (Å²) in [5, 5.41) is 14.6. The van der Waals surface area contributed by atoms with Crippen molar-refractivity contribution in [1.82, 2.24) is 20.2 Å². The molecule has 1 N–H and O–H groups in total. The summed E-state index contributed by atoms with van der Waals surface area (Å²) in [6, 6.07) is 7.52. The second-order valence-corrected chi connectivity index (χ2v) is 6.09. The minimum Gasteiger partial charge on any atom is -0.461 e. The van der Waals surface area contributed by atoms with Gasteiger partial charge in [-0.3, -0.25) is 4.79 Å². The number of ether oxygens (including phenoxy) is 1. The van der Waals surface area contributed by atoms with E-state index in [1.165, 1.54) is 6.08 Å². The minimum absolute atomic E-state index is 0.142. The summed E-state index contributed by atoms with van der Waals surface area (Å²) in [6.45, 7) is 7.67. The quantitative estimate of drug-likeness (QED) is 0.506. The number of tetrazole rings is 1.